The largest absolute Gasteiger partial charge is 0.495 e. The molecule has 0 aromatic heterocycles. The minimum atomic E-state index is -4.61. The molecule has 0 unspecified atom stereocenters. The Morgan fingerprint density at radius 2 is 1.50 bits per heavy atom. The van der Waals surface area contributed by atoms with Gasteiger partial charge in [-0.2, -0.15) is 13.2 Å². The predicted octanol–water partition coefficient (Wildman–Crippen LogP) is 4.47. The third-order valence-electron chi connectivity index (χ3n) is 6.46. The minimum Gasteiger partial charge on any atom is -0.399 e. The van der Waals surface area contributed by atoms with Crippen LogP contribution >= 0.6 is 0 Å². The van der Waals surface area contributed by atoms with Gasteiger partial charge in [-0.3, -0.25) is 4.79 Å². The van der Waals surface area contributed by atoms with Crippen LogP contribution in [-0.4, -0.2) is 48.4 Å². The zero-order chi connectivity index (χ0) is 23.5. The number of alkyl halides is 4. The number of nitrogens with zero attached hydrogens (tertiary/aromatic N) is 1. The lowest BCUT2D eigenvalue weighted by Crippen LogP contribution is -2.51. The third-order valence-corrected chi connectivity index (χ3v) is 6.46. The van der Waals surface area contributed by atoms with E-state index in [2.05, 4.69) is 0 Å². The molecular weight excluding hydrogens is 425 g/mol. The zero-order valence-corrected chi connectivity index (χ0v) is 18.3. The van der Waals surface area contributed by atoms with Gasteiger partial charge < -0.3 is 14.2 Å². The fraction of sp³-hybridized carbons (Fsp3) is 0.435. The van der Waals surface area contributed by atoms with E-state index in [1.165, 1.54) is 11.0 Å². The summed E-state index contributed by atoms with van der Waals surface area (Å²) in [5, 5.41) is 0. The summed E-state index contributed by atoms with van der Waals surface area (Å²) < 4.78 is 66.4. The molecule has 4 rings (SSSR count). The number of likely N-dealkylation sites (tertiary alicyclic amines) is 1. The molecule has 1 amide bonds. The highest BCUT2D eigenvalue weighted by Crippen LogP contribution is 2.39. The van der Waals surface area contributed by atoms with Crippen molar-refractivity contribution >= 4 is 18.5 Å². The van der Waals surface area contributed by atoms with Crippen molar-refractivity contribution in [2.45, 2.75) is 51.2 Å². The van der Waals surface area contributed by atoms with Crippen molar-refractivity contribution in [3.8, 4) is 11.1 Å². The maximum Gasteiger partial charge on any atom is 0.495 e. The summed E-state index contributed by atoms with van der Waals surface area (Å²) in [6, 6.07) is 10.3. The second kappa shape index (κ2) is 7.59. The summed E-state index contributed by atoms with van der Waals surface area (Å²) in [7, 11) is -1.14. The van der Waals surface area contributed by atoms with Crippen molar-refractivity contribution in [3.63, 3.8) is 0 Å². The van der Waals surface area contributed by atoms with Crippen molar-refractivity contribution in [1.82, 2.24) is 4.90 Å². The van der Waals surface area contributed by atoms with Crippen LogP contribution in [0.2, 0.25) is 0 Å². The highest BCUT2D eigenvalue weighted by Gasteiger charge is 2.53. The van der Waals surface area contributed by atoms with E-state index in [0.717, 1.165) is 6.07 Å². The second-order valence-electron chi connectivity index (χ2n) is 9.27. The lowest BCUT2D eigenvalue weighted by atomic mass is 9.75. The second-order valence-corrected chi connectivity index (χ2v) is 9.27. The van der Waals surface area contributed by atoms with E-state index in [0.29, 0.717) is 16.7 Å². The van der Waals surface area contributed by atoms with E-state index in [-0.39, 0.29) is 24.5 Å². The summed E-state index contributed by atoms with van der Waals surface area (Å²) in [5.74, 6) is -0.294. The van der Waals surface area contributed by atoms with Gasteiger partial charge in [0.05, 0.1) is 29.9 Å². The first-order valence-corrected chi connectivity index (χ1v) is 10.4. The van der Waals surface area contributed by atoms with E-state index in [9.17, 15) is 22.4 Å². The standard InChI is InChI=1S/C23H24BF4NO3/c1-21(2)22(3,4)32-24(31-21)19-10-9-16(11-18(19)23(26,27)28)14-5-7-15(8-6-14)20(30)29-12-17(25)13-29/h5-11,17H,12-13H2,1-4H3. The van der Waals surface area contributed by atoms with E-state index in [4.69, 9.17) is 9.31 Å². The van der Waals surface area contributed by atoms with Crippen LogP contribution in [0.25, 0.3) is 11.1 Å². The van der Waals surface area contributed by atoms with E-state index < -0.39 is 36.2 Å². The molecule has 0 bridgehead atoms. The fourth-order valence-electron chi connectivity index (χ4n) is 3.74. The molecule has 2 aromatic carbocycles. The molecule has 0 saturated carbocycles. The van der Waals surface area contributed by atoms with Gasteiger partial charge in [-0.05, 0) is 62.5 Å². The molecule has 0 spiro atoms. The Morgan fingerprint density at radius 3 is 2.00 bits per heavy atom. The van der Waals surface area contributed by atoms with Gasteiger partial charge in [-0.15, -0.1) is 0 Å². The molecule has 4 nitrogen and oxygen atoms in total. The Morgan fingerprint density at radius 1 is 0.969 bits per heavy atom. The first kappa shape index (κ1) is 22.8. The molecule has 2 saturated heterocycles. The number of carbonyl (C=O) groups is 1. The molecule has 32 heavy (non-hydrogen) atoms. The van der Waals surface area contributed by atoms with Gasteiger partial charge in [0, 0.05) is 5.56 Å². The smallest absolute Gasteiger partial charge is 0.399 e. The maximum atomic E-state index is 13.9. The van der Waals surface area contributed by atoms with Gasteiger partial charge in [0.2, 0.25) is 0 Å². The minimum absolute atomic E-state index is 0.0654. The average Bonchev–Trinajstić information content (AvgIpc) is 2.91. The zero-order valence-electron chi connectivity index (χ0n) is 18.3. The molecule has 0 aliphatic carbocycles. The lowest BCUT2D eigenvalue weighted by Gasteiger charge is -2.34. The highest BCUT2D eigenvalue weighted by atomic mass is 19.4. The lowest BCUT2D eigenvalue weighted by molar-refractivity contribution is -0.136. The van der Waals surface area contributed by atoms with Gasteiger partial charge in [0.25, 0.3) is 5.91 Å². The molecular formula is C23H24BF4NO3. The van der Waals surface area contributed by atoms with Gasteiger partial charge >= 0.3 is 13.3 Å². The molecule has 0 atom stereocenters. The summed E-state index contributed by atoms with van der Waals surface area (Å²) in [5.41, 5.74) is -1.19. The van der Waals surface area contributed by atoms with Crippen LogP contribution in [0.4, 0.5) is 17.6 Å². The predicted molar refractivity (Wildman–Crippen MR) is 113 cm³/mol. The topological polar surface area (TPSA) is 38.8 Å². The summed E-state index contributed by atoms with van der Waals surface area (Å²) in [6.07, 6.45) is -5.60. The number of hydrogen-bond donors (Lipinski definition) is 0. The van der Waals surface area contributed by atoms with Crippen molar-refractivity contribution in [2.75, 3.05) is 13.1 Å². The number of benzene rings is 2. The van der Waals surface area contributed by atoms with Crippen LogP contribution in [0.15, 0.2) is 42.5 Å². The first-order valence-electron chi connectivity index (χ1n) is 10.4. The van der Waals surface area contributed by atoms with Gasteiger partial charge in [-0.25, -0.2) is 4.39 Å². The van der Waals surface area contributed by atoms with Crippen LogP contribution in [0.3, 0.4) is 0 Å². The number of amides is 1. The monoisotopic (exact) mass is 449 g/mol. The average molecular weight is 449 g/mol. The Hall–Kier alpha value is -2.39. The number of carbonyl (C=O) groups excluding carboxylic acids is 1. The molecule has 9 heteroatoms. The number of hydrogen-bond acceptors (Lipinski definition) is 3. The number of rotatable bonds is 3. The van der Waals surface area contributed by atoms with E-state index in [1.807, 2.05) is 0 Å². The van der Waals surface area contributed by atoms with E-state index >= 15 is 0 Å². The molecule has 0 radical (unpaired) electrons. The summed E-state index contributed by atoms with van der Waals surface area (Å²) >= 11 is 0. The summed E-state index contributed by atoms with van der Waals surface area (Å²) in [6.45, 7) is 7.26. The number of halogens is 4. The first-order chi connectivity index (χ1) is 14.8. The Balaban J connectivity index is 1.63. The van der Waals surface area contributed by atoms with Gasteiger partial charge in [0.15, 0.2) is 0 Å². The van der Waals surface area contributed by atoms with Crippen molar-refractivity contribution < 1.29 is 31.7 Å². The molecule has 2 aliphatic heterocycles. The van der Waals surface area contributed by atoms with Crippen molar-refractivity contribution in [2.24, 2.45) is 0 Å². The summed E-state index contributed by atoms with van der Waals surface area (Å²) in [4.78, 5) is 13.7. The molecule has 2 fully saturated rings. The normalized spacial score (nSPS) is 20.4. The van der Waals surface area contributed by atoms with Crippen LogP contribution < -0.4 is 5.46 Å². The van der Waals surface area contributed by atoms with Crippen molar-refractivity contribution in [1.29, 1.82) is 0 Å². The molecule has 170 valence electrons. The van der Waals surface area contributed by atoms with Crippen LogP contribution in [0, 0.1) is 0 Å². The van der Waals surface area contributed by atoms with Crippen LogP contribution in [0.5, 0.6) is 0 Å². The van der Waals surface area contributed by atoms with Gasteiger partial charge in [0.1, 0.15) is 6.17 Å². The van der Waals surface area contributed by atoms with Crippen LogP contribution in [-0.2, 0) is 15.5 Å². The maximum absolute atomic E-state index is 13.9. The van der Waals surface area contributed by atoms with Crippen molar-refractivity contribution in [3.05, 3.63) is 53.6 Å². The Bertz CT molecular complexity index is 1010. The van der Waals surface area contributed by atoms with E-state index in [1.54, 1.807) is 58.0 Å². The highest BCUT2D eigenvalue weighted by molar-refractivity contribution is 6.62. The van der Waals surface area contributed by atoms with Gasteiger partial charge in [-0.1, -0.05) is 24.3 Å². The Labute approximate surface area is 184 Å². The Kier molecular flexibility index (Phi) is 5.41. The quantitative estimate of drug-likeness (QED) is 0.513. The SMILES string of the molecule is CC1(C)OB(c2ccc(-c3ccc(C(=O)N4CC(F)C4)cc3)cc2C(F)(F)F)OC1(C)C. The fourth-order valence-corrected chi connectivity index (χ4v) is 3.74. The third kappa shape index (κ3) is 4.04. The van der Waals surface area contributed by atoms with Crippen LogP contribution in [0.1, 0.15) is 43.6 Å². The molecule has 2 aliphatic rings. The molecule has 0 N–H and O–H groups in total. The molecule has 2 aromatic rings. The molecule has 2 heterocycles.